The zero-order chi connectivity index (χ0) is 24.4. The molecule has 0 saturated heterocycles. The molecule has 1 aliphatic rings. The first-order valence-corrected chi connectivity index (χ1v) is 11.6. The Kier molecular flexibility index (Phi) is 5.99. The van der Waals surface area contributed by atoms with E-state index in [1.165, 1.54) is 22.3 Å². The van der Waals surface area contributed by atoms with Crippen molar-refractivity contribution in [3.8, 4) is 27.6 Å². The molecule has 0 aliphatic carbocycles. The maximum atomic E-state index is 12.8. The van der Waals surface area contributed by atoms with Gasteiger partial charge in [0.05, 0.1) is 22.6 Å². The number of hydrogen-bond acceptors (Lipinski definition) is 6. The lowest BCUT2D eigenvalue weighted by molar-refractivity contribution is -0.123. The van der Waals surface area contributed by atoms with Gasteiger partial charge in [-0.15, -0.1) is 11.3 Å². The van der Waals surface area contributed by atoms with Crippen molar-refractivity contribution in [1.29, 1.82) is 0 Å². The molecular formula is C26H20N4O4S. The number of hydrogen-bond donors (Lipinski definition) is 2. The molecule has 9 heteroatoms. The van der Waals surface area contributed by atoms with E-state index in [2.05, 4.69) is 5.32 Å². The number of nitrogens with two attached hydrogens (primary N) is 1. The summed E-state index contributed by atoms with van der Waals surface area (Å²) in [5.41, 5.74) is 8.93. The second-order valence-electron chi connectivity index (χ2n) is 7.81. The number of thiazole rings is 1. The lowest BCUT2D eigenvalue weighted by atomic mass is 10.1. The van der Waals surface area contributed by atoms with E-state index in [9.17, 15) is 14.4 Å². The van der Waals surface area contributed by atoms with Crippen LogP contribution in [0.4, 0.5) is 11.4 Å². The fourth-order valence-electron chi connectivity index (χ4n) is 3.79. The lowest BCUT2D eigenvalue weighted by Gasteiger charge is -2.29. The summed E-state index contributed by atoms with van der Waals surface area (Å²) in [4.78, 5) is 43.3. The molecule has 0 spiro atoms. The molecule has 3 N–H and O–H groups in total. The van der Waals surface area contributed by atoms with E-state index in [0.29, 0.717) is 11.4 Å². The Morgan fingerprint density at radius 3 is 2.60 bits per heavy atom. The molecule has 174 valence electrons. The summed E-state index contributed by atoms with van der Waals surface area (Å²) in [6, 6.07) is 21.8. The molecule has 3 aromatic carbocycles. The maximum absolute atomic E-state index is 12.8. The Morgan fingerprint density at radius 1 is 1.03 bits per heavy atom. The predicted octanol–water partition coefficient (Wildman–Crippen LogP) is 3.94. The number of benzene rings is 3. The van der Waals surface area contributed by atoms with Gasteiger partial charge in [-0.3, -0.25) is 19.3 Å². The summed E-state index contributed by atoms with van der Waals surface area (Å²) < 4.78 is 5.58. The molecule has 0 radical (unpaired) electrons. The monoisotopic (exact) mass is 484 g/mol. The summed E-state index contributed by atoms with van der Waals surface area (Å²) in [5.74, 6) is -0.977. The van der Waals surface area contributed by atoms with Crippen LogP contribution in [0, 0.1) is 0 Å². The minimum Gasteiger partial charge on any atom is -0.482 e. The third-order valence-electron chi connectivity index (χ3n) is 5.49. The van der Waals surface area contributed by atoms with E-state index in [1.807, 2.05) is 41.8 Å². The van der Waals surface area contributed by atoms with Crippen molar-refractivity contribution in [3.63, 3.8) is 0 Å². The summed E-state index contributed by atoms with van der Waals surface area (Å²) >= 11 is 1.53. The van der Waals surface area contributed by atoms with Crippen LogP contribution in [0.5, 0.6) is 5.75 Å². The van der Waals surface area contributed by atoms with E-state index < -0.39 is 11.8 Å². The highest BCUT2D eigenvalue weighted by Gasteiger charge is 2.28. The van der Waals surface area contributed by atoms with Crippen molar-refractivity contribution >= 4 is 40.4 Å². The van der Waals surface area contributed by atoms with E-state index in [0.717, 1.165) is 21.8 Å². The third kappa shape index (κ3) is 4.62. The average molecular weight is 485 g/mol. The van der Waals surface area contributed by atoms with Crippen molar-refractivity contribution < 1.29 is 19.1 Å². The number of nitrogens with zero attached hydrogens (tertiary/aromatic N) is 2. The average Bonchev–Trinajstić information content (AvgIpc) is 3.37. The number of nitrogens with one attached hydrogen (secondary N) is 1. The Balaban J connectivity index is 1.40. The normalized spacial score (nSPS) is 12.6. The minimum absolute atomic E-state index is 0.174. The van der Waals surface area contributed by atoms with Crippen molar-refractivity contribution in [2.24, 2.45) is 5.73 Å². The topological polar surface area (TPSA) is 115 Å². The zero-order valence-corrected chi connectivity index (χ0v) is 19.2. The van der Waals surface area contributed by atoms with Gasteiger partial charge in [0.1, 0.15) is 17.3 Å². The molecule has 2 heterocycles. The second kappa shape index (κ2) is 9.40. The summed E-state index contributed by atoms with van der Waals surface area (Å²) in [7, 11) is 0. The number of aromatic nitrogens is 1. The number of anilines is 2. The van der Waals surface area contributed by atoms with Crippen molar-refractivity contribution in [2.45, 2.75) is 0 Å². The van der Waals surface area contributed by atoms with Gasteiger partial charge in [-0.05, 0) is 30.3 Å². The fraction of sp³-hybridized carbons (Fsp3) is 0.0769. The smallest absolute Gasteiger partial charge is 0.265 e. The first-order chi connectivity index (χ1) is 17.0. The molecule has 0 fully saturated rings. The lowest BCUT2D eigenvalue weighted by Crippen LogP contribution is -2.43. The first-order valence-electron chi connectivity index (χ1n) is 10.8. The van der Waals surface area contributed by atoms with Gasteiger partial charge >= 0.3 is 0 Å². The molecule has 1 aromatic heterocycles. The largest absolute Gasteiger partial charge is 0.482 e. The maximum Gasteiger partial charge on any atom is 0.265 e. The summed E-state index contributed by atoms with van der Waals surface area (Å²) in [6.07, 6.45) is 0. The number of amides is 3. The molecule has 0 atom stereocenters. The van der Waals surface area contributed by atoms with Crippen LogP contribution in [0.3, 0.4) is 0 Å². The van der Waals surface area contributed by atoms with Gasteiger partial charge in [-0.25, -0.2) is 4.98 Å². The van der Waals surface area contributed by atoms with Crippen LogP contribution in [0.1, 0.15) is 10.4 Å². The quantitative estimate of drug-likeness (QED) is 0.430. The molecule has 3 amide bonds. The molecule has 0 bridgehead atoms. The van der Waals surface area contributed by atoms with Crippen LogP contribution < -0.4 is 20.7 Å². The van der Waals surface area contributed by atoms with Gasteiger partial charge in [0, 0.05) is 16.5 Å². The zero-order valence-electron chi connectivity index (χ0n) is 18.4. The molecule has 35 heavy (non-hydrogen) atoms. The van der Waals surface area contributed by atoms with E-state index >= 15 is 0 Å². The first kappa shape index (κ1) is 22.3. The molecule has 8 nitrogen and oxygen atoms in total. The van der Waals surface area contributed by atoms with Gasteiger partial charge in [0.25, 0.3) is 11.8 Å². The number of carbonyl (C=O) groups excluding carboxylic acids is 3. The van der Waals surface area contributed by atoms with Crippen molar-refractivity contribution in [3.05, 3.63) is 83.7 Å². The highest BCUT2D eigenvalue weighted by Crippen LogP contribution is 2.37. The highest BCUT2D eigenvalue weighted by atomic mass is 32.1. The highest BCUT2D eigenvalue weighted by molar-refractivity contribution is 7.13. The fourth-order valence-corrected chi connectivity index (χ4v) is 4.63. The minimum atomic E-state index is -0.656. The number of para-hydroxylation sites is 1. The SMILES string of the molecule is NC(=O)c1ccccc1NC(=O)CN1C(=O)COc2ccc(-c3csc(-c4ccccc4)n3)cc21. The Hall–Kier alpha value is -4.50. The predicted molar refractivity (Wildman–Crippen MR) is 134 cm³/mol. The van der Waals surface area contributed by atoms with Crippen molar-refractivity contribution in [2.75, 3.05) is 23.4 Å². The summed E-state index contributed by atoms with van der Waals surface area (Å²) in [6.45, 7) is -0.426. The van der Waals surface area contributed by atoms with Gasteiger partial charge < -0.3 is 15.8 Å². The Labute approximate surface area is 205 Å². The Morgan fingerprint density at radius 2 is 1.80 bits per heavy atom. The van der Waals surface area contributed by atoms with E-state index in [1.54, 1.807) is 30.3 Å². The number of rotatable bonds is 6. The number of ether oxygens (including phenoxy) is 1. The van der Waals surface area contributed by atoms with Gasteiger partial charge in [-0.1, -0.05) is 42.5 Å². The molecule has 0 unspecified atom stereocenters. The van der Waals surface area contributed by atoms with Crippen LogP contribution in [-0.2, 0) is 9.59 Å². The number of carbonyl (C=O) groups is 3. The molecule has 4 aromatic rings. The van der Waals surface area contributed by atoms with Gasteiger partial charge in [0.2, 0.25) is 5.91 Å². The Bertz CT molecular complexity index is 1430. The number of fused-ring (bicyclic) bond motifs is 1. The van der Waals surface area contributed by atoms with E-state index in [-0.39, 0.29) is 30.3 Å². The van der Waals surface area contributed by atoms with Gasteiger partial charge in [-0.2, -0.15) is 0 Å². The molecular weight excluding hydrogens is 464 g/mol. The van der Waals surface area contributed by atoms with Crippen LogP contribution in [0.25, 0.3) is 21.8 Å². The standard InChI is InChI=1S/C26H20N4O4S/c27-25(33)18-8-4-5-9-19(18)28-23(31)13-30-21-12-17(10-11-22(21)34-14-24(30)32)20-15-35-26(29-20)16-6-2-1-3-7-16/h1-12,15H,13-14H2,(H2,27,33)(H,28,31). The van der Waals surface area contributed by atoms with Crippen LogP contribution >= 0.6 is 11.3 Å². The summed E-state index contributed by atoms with van der Waals surface area (Å²) in [5, 5.41) is 5.51. The molecule has 5 rings (SSSR count). The number of primary amides is 1. The molecule has 1 aliphatic heterocycles. The van der Waals surface area contributed by atoms with Gasteiger partial charge in [0.15, 0.2) is 6.61 Å². The van der Waals surface area contributed by atoms with Crippen LogP contribution in [-0.4, -0.2) is 35.9 Å². The van der Waals surface area contributed by atoms with E-state index in [4.69, 9.17) is 15.5 Å². The second-order valence-corrected chi connectivity index (χ2v) is 8.67. The third-order valence-corrected chi connectivity index (χ3v) is 6.38. The van der Waals surface area contributed by atoms with Crippen LogP contribution in [0.15, 0.2) is 78.2 Å². The van der Waals surface area contributed by atoms with Crippen LogP contribution in [0.2, 0.25) is 0 Å². The van der Waals surface area contributed by atoms with Crippen molar-refractivity contribution in [1.82, 2.24) is 4.98 Å². The molecule has 0 saturated carbocycles.